The van der Waals surface area contributed by atoms with Crippen molar-refractivity contribution in [3.8, 4) is 6.07 Å². The van der Waals surface area contributed by atoms with Crippen LogP contribution in [0.15, 0.2) is 0 Å². The standard InChI is InChI=1S/C10H17N/c1-9(8-11)7-10-5-3-2-4-6-10/h9-10H,2-7H2,1H3. The fraction of sp³-hybridized carbons (Fsp3) is 0.900. The monoisotopic (exact) mass is 151 g/mol. The van der Waals surface area contributed by atoms with Gasteiger partial charge in [0.1, 0.15) is 0 Å². The number of nitriles is 1. The first-order chi connectivity index (χ1) is 5.33. The van der Waals surface area contributed by atoms with E-state index in [9.17, 15) is 0 Å². The van der Waals surface area contributed by atoms with Crippen LogP contribution in [0.4, 0.5) is 0 Å². The Morgan fingerprint density at radius 2 is 2.00 bits per heavy atom. The third kappa shape index (κ3) is 2.93. The molecule has 1 atom stereocenters. The Bertz CT molecular complexity index is 139. The average molecular weight is 151 g/mol. The van der Waals surface area contributed by atoms with Gasteiger partial charge in [0.25, 0.3) is 0 Å². The van der Waals surface area contributed by atoms with Crippen molar-refractivity contribution >= 4 is 0 Å². The van der Waals surface area contributed by atoms with E-state index in [1.165, 1.54) is 32.1 Å². The van der Waals surface area contributed by atoms with Gasteiger partial charge >= 0.3 is 0 Å². The molecule has 0 aromatic rings. The second kappa shape index (κ2) is 4.38. The molecule has 0 aliphatic heterocycles. The Morgan fingerprint density at radius 3 is 2.55 bits per heavy atom. The van der Waals surface area contributed by atoms with Crippen molar-refractivity contribution in [1.29, 1.82) is 5.26 Å². The normalized spacial score (nSPS) is 22.5. The lowest BCUT2D eigenvalue weighted by Gasteiger charge is -2.21. The maximum atomic E-state index is 8.62. The molecule has 0 amide bonds. The largest absolute Gasteiger partial charge is 0.198 e. The lowest BCUT2D eigenvalue weighted by atomic mass is 9.84. The van der Waals surface area contributed by atoms with Crippen LogP contribution in [-0.2, 0) is 0 Å². The van der Waals surface area contributed by atoms with Gasteiger partial charge < -0.3 is 0 Å². The molecular formula is C10H17N. The Morgan fingerprint density at radius 1 is 1.36 bits per heavy atom. The summed E-state index contributed by atoms with van der Waals surface area (Å²) in [6, 6.07) is 2.31. The van der Waals surface area contributed by atoms with E-state index in [1.54, 1.807) is 0 Å². The highest BCUT2D eigenvalue weighted by Gasteiger charge is 2.15. The summed E-state index contributed by atoms with van der Waals surface area (Å²) >= 11 is 0. The molecule has 11 heavy (non-hydrogen) atoms. The molecule has 0 bridgehead atoms. The minimum atomic E-state index is 0.276. The van der Waals surface area contributed by atoms with Crippen molar-refractivity contribution in [2.45, 2.75) is 45.4 Å². The van der Waals surface area contributed by atoms with Gasteiger partial charge in [0.2, 0.25) is 0 Å². The van der Waals surface area contributed by atoms with E-state index in [1.807, 2.05) is 6.92 Å². The van der Waals surface area contributed by atoms with Gasteiger partial charge in [0.15, 0.2) is 0 Å². The van der Waals surface area contributed by atoms with Crippen LogP contribution < -0.4 is 0 Å². The molecular weight excluding hydrogens is 134 g/mol. The lowest BCUT2D eigenvalue weighted by molar-refractivity contribution is 0.317. The first kappa shape index (κ1) is 8.59. The van der Waals surface area contributed by atoms with Crippen LogP contribution in [0.5, 0.6) is 0 Å². The van der Waals surface area contributed by atoms with E-state index < -0.39 is 0 Å². The molecule has 0 radical (unpaired) electrons. The molecule has 0 aromatic carbocycles. The van der Waals surface area contributed by atoms with Gasteiger partial charge in [-0.15, -0.1) is 0 Å². The van der Waals surface area contributed by atoms with Crippen LogP contribution in [0.1, 0.15) is 45.4 Å². The zero-order chi connectivity index (χ0) is 8.10. The zero-order valence-corrected chi connectivity index (χ0v) is 7.34. The van der Waals surface area contributed by atoms with Gasteiger partial charge in [-0.1, -0.05) is 32.1 Å². The molecule has 1 aliphatic rings. The molecule has 1 rings (SSSR count). The van der Waals surface area contributed by atoms with Gasteiger partial charge in [-0.25, -0.2) is 0 Å². The average Bonchev–Trinajstić information content (AvgIpc) is 2.06. The third-order valence-corrected chi connectivity index (χ3v) is 2.63. The molecule has 0 heterocycles. The molecule has 62 valence electrons. The van der Waals surface area contributed by atoms with Gasteiger partial charge in [0, 0.05) is 5.92 Å². The number of rotatable bonds is 2. The van der Waals surface area contributed by atoms with Crippen LogP contribution in [0.25, 0.3) is 0 Å². The summed E-state index contributed by atoms with van der Waals surface area (Å²) in [7, 11) is 0. The minimum Gasteiger partial charge on any atom is -0.198 e. The molecule has 0 saturated heterocycles. The van der Waals surface area contributed by atoms with Gasteiger partial charge in [-0.05, 0) is 19.3 Å². The maximum Gasteiger partial charge on any atom is 0.0652 e. The zero-order valence-electron chi connectivity index (χ0n) is 7.34. The second-order valence-electron chi connectivity index (χ2n) is 3.77. The fourth-order valence-electron chi connectivity index (χ4n) is 1.98. The summed E-state index contributed by atoms with van der Waals surface area (Å²) in [6.45, 7) is 2.04. The number of hydrogen-bond acceptors (Lipinski definition) is 1. The first-order valence-corrected chi connectivity index (χ1v) is 4.72. The third-order valence-electron chi connectivity index (χ3n) is 2.63. The Labute approximate surface area is 69.4 Å². The molecule has 0 aromatic heterocycles. The highest BCUT2D eigenvalue weighted by molar-refractivity contribution is 4.81. The molecule has 0 N–H and O–H groups in total. The Kier molecular flexibility index (Phi) is 3.42. The predicted molar refractivity (Wildman–Crippen MR) is 46.0 cm³/mol. The van der Waals surface area contributed by atoms with Gasteiger partial charge in [-0.2, -0.15) is 5.26 Å². The summed E-state index contributed by atoms with van der Waals surface area (Å²) in [6.07, 6.45) is 8.07. The van der Waals surface area contributed by atoms with Crippen LogP contribution in [0, 0.1) is 23.2 Å². The van der Waals surface area contributed by atoms with E-state index in [2.05, 4.69) is 6.07 Å². The molecule has 0 spiro atoms. The number of hydrogen-bond donors (Lipinski definition) is 0. The summed E-state index contributed by atoms with van der Waals surface area (Å²) in [5, 5.41) is 8.62. The van der Waals surface area contributed by atoms with Crippen molar-refractivity contribution in [2.24, 2.45) is 11.8 Å². The smallest absolute Gasteiger partial charge is 0.0652 e. The summed E-state index contributed by atoms with van der Waals surface area (Å²) in [5.41, 5.74) is 0. The summed E-state index contributed by atoms with van der Waals surface area (Å²) < 4.78 is 0. The van der Waals surface area contributed by atoms with Gasteiger partial charge in [-0.3, -0.25) is 0 Å². The second-order valence-corrected chi connectivity index (χ2v) is 3.77. The Hall–Kier alpha value is -0.510. The van der Waals surface area contributed by atoms with Crippen LogP contribution in [-0.4, -0.2) is 0 Å². The first-order valence-electron chi connectivity index (χ1n) is 4.72. The molecule has 1 heteroatoms. The fourth-order valence-corrected chi connectivity index (χ4v) is 1.98. The summed E-state index contributed by atoms with van der Waals surface area (Å²) in [5.74, 6) is 1.14. The number of nitrogens with zero attached hydrogens (tertiary/aromatic N) is 1. The topological polar surface area (TPSA) is 23.8 Å². The molecule has 1 unspecified atom stereocenters. The van der Waals surface area contributed by atoms with E-state index in [-0.39, 0.29) is 5.92 Å². The van der Waals surface area contributed by atoms with Crippen molar-refractivity contribution in [3.05, 3.63) is 0 Å². The maximum absolute atomic E-state index is 8.62. The predicted octanol–water partition coefficient (Wildman–Crippen LogP) is 3.12. The van der Waals surface area contributed by atoms with Crippen molar-refractivity contribution in [3.63, 3.8) is 0 Å². The Balaban J connectivity index is 2.20. The van der Waals surface area contributed by atoms with Crippen molar-refractivity contribution in [1.82, 2.24) is 0 Å². The van der Waals surface area contributed by atoms with E-state index >= 15 is 0 Å². The van der Waals surface area contributed by atoms with Crippen molar-refractivity contribution < 1.29 is 0 Å². The van der Waals surface area contributed by atoms with Crippen LogP contribution >= 0.6 is 0 Å². The van der Waals surface area contributed by atoms with E-state index in [4.69, 9.17) is 5.26 Å². The highest BCUT2D eigenvalue weighted by atomic mass is 14.3. The van der Waals surface area contributed by atoms with Crippen LogP contribution in [0.3, 0.4) is 0 Å². The van der Waals surface area contributed by atoms with E-state index in [0.717, 1.165) is 12.3 Å². The SMILES string of the molecule is CC(C#N)CC1CCCCC1. The van der Waals surface area contributed by atoms with Crippen LogP contribution in [0.2, 0.25) is 0 Å². The molecule has 1 aliphatic carbocycles. The molecule has 1 saturated carbocycles. The molecule has 1 fully saturated rings. The van der Waals surface area contributed by atoms with E-state index in [0.29, 0.717) is 0 Å². The van der Waals surface area contributed by atoms with Gasteiger partial charge in [0.05, 0.1) is 6.07 Å². The lowest BCUT2D eigenvalue weighted by Crippen LogP contribution is -2.09. The molecule has 1 nitrogen and oxygen atoms in total. The summed E-state index contributed by atoms with van der Waals surface area (Å²) in [4.78, 5) is 0. The van der Waals surface area contributed by atoms with Crippen molar-refractivity contribution in [2.75, 3.05) is 0 Å². The quantitative estimate of drug-likeness (QED) is 0.595. The minimum absolute atomic E-state index is 0.276. The highest BCUT2D eigenvalue weighted by Crippen LogP contribution is 2.28.